The zero-order valence-electron chi connectivity index (χ0n) is 13.5. The molecule has 0 aliphatic heterocycles. The molecule has 3 rings (SSSR count). The van der Waals surface area contributed by atoms with E-state index in [1.807, 2.05) is 12.3 Å². The molecule has 1 fully saturated rings. The van der Waals surface area contributed by atoms with Crippen molar-refractivity contribution in [2.45, 2.75) is 45.3 Å². The van der Waals surface area contributed by atoms with E-state index in [9.17, 15) is 9.59 Å². The summed E-state index contributed by atoms with van der Waals surface area (Å²) in [7, 11) is 0. The van der Waals surface area contributed by atoms with Crippen LogP contribution in [0.25, 0.3) is 0 Å². The number of nitrogens with zero attached hydrogens (tertiary/aromatic N) is 1. The van der Waals surface area contributed by atoms with E-state index >= 15 is 0 Å². The molecule has 1 aromatic heterocycles. The number of aromatic nitrogens is 1. The number of ether oxygens (including phenoxy) is 2. The summed E-state index contributed by atoms with van der Waals surface area (Å²) in [6, 6.07) is 6.74. The minimum atomic E-state index is -0.588. The molecule has 1 aromatic carbocycles. The highest BCUT2D eigenvalue weighted by atomic mass is 32.1. The van der Waals surface area contributed by atoms with Gasteiger partial charge in [-0.15, -0.1) is 11.3 Å². The molecule has 1 saturated carbocycles. The topological polar surface area (TPSA) is 65.5 Å². The number of aryl methyl sites for hydroxylation is 1. The quantitative estimate of drug-likeness (QED) is 0.773. The van der Waals surface area contributed by atoms with Crippen molar-refractivity contribution in [1.29, 1.82) is 0 Å². The van der Waals surface area contributed by atoms with Gasteiger partial charge in [-0.25, -0.2) is 9.78 Å². The lowest BCUT2D eigenvalue weighted by atomic mass is 9.96. The Labute approximate surface area is 144 Å². The first-order chi connectivity index (χ1) is 11.6. The van der Waals surface area contributed by atoms with Crippen LogP contribution in [0.5, 0.6) is 5.75 Å². The molecular weight excluding hydrogens is 326 g/mol. The van der Waals surface area contributed by atoms with Crippen LogP contribution in [0, 0.1) is 6.92 Å². The molecule has 126 valence electrons. The van der Waals surface area contributed by atoms with Gasteiger partial charge in [0.2, 0.25) is 0 Å². The first kappa shape index (κ1) is 16.6. The summed E-state index contributed by atoms with van der Waals surface area (Å²) in [5.74, 6) is 0.219. The average Bonchev–Trinajstić information content (AvgIpc) is 3.01. The minimum absolute atomic E-state index is 0.0214. The zero-order valence-corrected chi connectivity index (χ0v) is 14.3. The van der Waals surface area contributed by atoms with Crippen molar-refractivity contribution in [3.63, 3.8) is 0 Å². The van der Waals surface area contributed by atoms with E-state index in [1.165, 1.54) is 0 Å². The second kappa shape index (κ2) is 7.57. The minimum Gasteiger partial charge on any atom is -0.487 e. The van der Waals surface area contributed by atoms with E-state index < -0.39 is 12.1 Å². The number of hydrogen-bond donors (Lipinski definition) is 0. The van der Waals surface area contributed by atoms with E-state index in [-0.39, 0.29) is 5.78 Å². The van der Waals surface area contributed by atoms with E-state index in [0.717, 1.165) is 23.5 Å². The highest BCUT2D eigenvalue weighted by molar-refractivity contribution is 7.09. The van der Waals surface area contributed by atoms with Crippen LogP contribution in [0.15, 0.2) is 29.6 Å². The first-order valence-electron chi connectivity index (χ1n) is 7.99. The summed E-state index contributed by atoms with van der Waals surface area (Å²) in [5.41, 5.74) is 1.31. The number of Topliss-reactive ketones (excluding diaryl/α,β-unsaturated/α-hetero) is 1. The number of ketones is 1. The molecule has 0 amide bonds. The second-order valence-corrected chi connectivity index (χ2v) is 6.84. The molecule has 1 aliphatic rings. The SMILES string of the molecule is Cc1nc(COc2ccc(C(=O)O[C@@H]3CCCCC3=O)cc2)cs1. The Bertz CT molecular complexity index is 723. The third-order valence-electron chi connectivity index (χ3n) is 3.89. The Kier molecular flexibility index (Phi) is 5.25. The molecule has 2 aromatic rings. The van der Waals surface area contributed by atoms with Crippen molar-refractivity contribution in [3.05, 3.63) is 45.9 Å². The van der Waals surface area contributed by atoms with E-state index in [0.29, 0.717) is 30.8 Å². The van der Waals surface area contributed by atoms with Gasteiger partial charge in [-0.3, -0.25) is 4.79 Å². The van der Waals surface area contributed by atoms with E-state index in [2.05, 4.69) is 4.98 Å². The van der Waals surface area contributed by atoms with Gasteiger partial charge in [0.05, 0.1) is 16.3 Å². The van der Waals surface area contributed by atoms with Crippen LogP contribution in [-0.2, 0) is 16.1 Å². The van der Waals surface area contributed by atoms with E-state index in [4.69, 9.17) is 9.47 Å². The summed E-state index contributed by atoms with van der Waals surface area (Å²) in [4.78, 5) is 28.2. The molecule has 0 N–H and O–H groups in total. The maximum atomic E-state index is 12.1. The van der Waals surface area contributed by atoms with Crippen LogP contribution in [-0.4, -0.2) is 22.8 Å². The fourth-order valence-electron chi connectivity index (χ4n) is 2.59. The van der Waals surface area contributed by atoms with Crippen molar-refractivity contribution in [2.24, 2.45) is 0 Å². The summed E-state index contributed by atoms with van der Waals surface area (Å²) < 4.78 is 11.0. The lowest BCUT2D eigenvalue weighted by Gasteiger charge is -2.20. The molecule has 1 atom stereocenters. The maximum Gasteiger partial charge on any atom is 0.338 e. The molecule has 5 nitrogen and oxygen atoms in total. The maximum absolute atomic E-state index is 12.1. The first-order valence-corrected chi connectivity index (χ1v) is 8.87. The number of carbonyl (C=O) groups is 2. The van der Waals surface area contributed by atoms with Crippen LogP contribution < -0.4 is 4.74 Å². The van der Waals surface area contributed by atoms with Crippen LogP contribution in [0.3, 0.4) is 0 Å². The zero-order chi connectivity index (χ0) is 16.9. The Morgan fingerprint density at radius 2 is 2.08 bits per heavy atom. The predicted octanol–water partition coefficient (Wildman–Crippen LogP) is 3.70. The summed E-state index contributed by atoms with van der Waals surface area (Å²) >= 11 is 1.58. The molecule has 6 heteroatoms. The highest BCUT2D eigenvalue weighted by Crippen LogP contribution is 2.20. The summed E-state index contributed by atoms with van der Waals surface area (Å²) in [6.07, 6.45) is 2.35. The van der Waals surface area contributed by atoms with Gasteiger partial charge < -0.3 is 9.47 Å². The summed E-state index contributed by atoms with van der Waals surface area (Å²) in [5, 5.41) is 2.96. The highest BCUT2D eigenvalue weighted by Gasteiger charge is 2.26. The second-order valence-electron chi connectivity index (χ2n) is 5.78. The molecular formula is C18H19NO4S. The number of carbonyl (C=O) groups excluding carboxylic acids is 2. The molecule has 0 spiro atoms. The van der Waals surface area contributed by atoms with Crippen molar-refractivity contribution in [2.75, 3.05) is 0 Å². The lowest BCUT2D eigenvalue weighted by Crippen LogP contribution is -2.30. The third kappa shape index (κ3) is 4.20. The fourth-order valence-corrected chi connectivity index (χ4v) is 3.19. The molecule has 0 radical (unpaired) electrons. The predicted molar refractivity (Wildman–Crippen MR) is 90.3 cm³/mol. The van der Waals surface area contributed by atoms with Gasteiger partial charge in [-0.05, 0) is 50.5 Å². The molecule has 0 saturated heterocycles. The number of thiazole rings is 1. The van der Waals surface area contributed by atoms with Crippen LogP contribution >= 0.6 is 11.3 Å². The Morgan fingerprint density at radius 3 is 2.75 bits per heavy atom. The van der Waals surface area contributed by atoms with Gasteiger partial charge in [0, 0.05) is 11.8 Å². The van der Waals surface area contributed by atoms with Gasteiger partial charge in [0.1, 0.15) is 12.4 Å². The van der Waals surface area contributed by atoms with Gasteiger partial charge in [0.15, 0.2) is 11.9 Å². The van der Waals surface area contributed by atoms with Crippen molar-refractivity contribution >= 4 is 23.1 Å². The molecule has 0 unspecified atom stereocenters. The lowest BCUT2D eigenvalue weighted by molar-refractivity contribution is -0.129. The average molecular weight is 345 g/mol. The summed E-state index contributed by atoms with van der Waals surface area (Å²) in [6.45, 7) is 2.34. The molecule has 24 heavy (non-hydrogen) atoms. The Hall–Kier alpha value is -2.21. The van der Waals surface area contributed by atoms with Crippen molar-refractivity contribution in [3.8, 4) is 5.75 Å². The molecule has 1 aliphatic carbocycles. The standard InChI is InChI=1S/C18H19NO4S/c1-12-19-14(11-24-12)10-22-15-8-6-13(7-9-15)18(21)23-17-5-3-2-4-16(17)20/h6-9,11,17H,2-5,10H2,1H3/t17-/m1/s1. The largest absolute Gasteiger partial charge is 0.487 e. The Morgan fingerprint density at radius 1 is 1.29 bits per heavy atom. The van der Waals surface area contributed by atoms with Gasteiger partial charge >= 0.3 is 5.97 Å². The fraction of sp³-hybridized carbons (Fsp3) is 0.389. The van der Waals surface area contributed by atoms with Crippen molar-refractivity contribution in [1.82, 2.24) is 4.98 Å². The number of hydrogen-bond acceptors (Lipinski definition) is 6. The van der Waals surface area contributed by atoms with Gasteiger partial charge in [-0.1, -0.05) is 0 Å². The normalized spacial score (nSPS) is 17.5. The van der Waals surface area contributed by atoms with Crippen LogP contribution in [0.4, 0.5) is 0 Å². The Balaban J connectivity index is 1.55. The van der Waals surface area contributed by atoms with Crippen molar-refractivity contribution < 1.29 is 19.1 Å². The smallest absolute Gasteiger partial charge is 0.338 e. The van der Waals surface area contributed by atoms with Crippen LogP contribution in [0.2, 0.25) is 0 Å². The number of esters is 1. The number of benzene rings is 1. The molecule has 0 bridgehead atoms. The van der Waals surface area contributed by atoms with E-state index in [1.54, 1.807) is 35.6 Å². The number of rotatable bonds is 5. The third-order valence-corrected chi connectivity index (χ3v) is 4.71. The van der Waals surface area contributed by atoms with Gasteiger partial charge in [0.25, 0.3) is 0 Å². The monoisotopic (exact) mass is 345 g/mol. The molecule has 1 heterocycles. The van der Waals surface area contributed by atoms with Crippen LogP contribution in [0.1, 0.15) is 46.7 Å². The van der Waals surface area contributed by atoms with Gasteiger partial charge in [-0.2, -0.15) is 0 Å².